The average molecular weight is 343 g/mol. The van der Waals surface area contributed by atoms with Crippen molar-refractivity contribution in [1.29, 1.82) is 0 Å². The van der Waals surface area contributed by atoms with E-state index in [1.807, 2.05) is 12.1 Å². The van der Waals surface area contributed by atoms with E-state index in [1.165, 1.54) is 11.8 Å². The first-order chi connectivity index (χ1) is 8.58. The van der Waals surface area contributed by atoms with Gasteiger partial charge in [-0.25, -0.2) is 4.98 Å². The minimum Gasteiger partial charge on any atom is -0.294 e. The Kier molecular flexibility index (Phi) is 4.43. The average Bonchev–Trinajstić information content (AvgIpc) is 2.32. The van der Waals surface area contributed by atoms with E-state index in [0.717, 1.165) is 9.37 Å². The zero-order valence-corrected chi connectivity index (χ0v) is 12.6. The molecule has 0 unspecified atom stereocenters. The maximum atomic E-state index is 11.6. The van der Waals surface area contributed by atoms with Crippen molar-refractivity contribution in [2.45, 2.75) is 16.8 Å². The number of pyridine rings is 1. The number of carbonyl (C=O) groups is 1. The first-order valence-corrected chi connectivity index (χ1v) is 7.15. The maximum Gasteiger partial charge on any atom is 0.160 e. The predicted octanol–water partition coefficient (Wildman–Crippen LogP) is 4.85. The summed E-state index contributed by atoms with van der Waals surface area (Å²) in [6.45, 7) is 1.55. The summed E-state index contributed by atoms with van der Waals surface area (Å²) in [6.07, 6.45) is 1.68. The molecule has 1 aromatic carbocycles. The molecule has 0 aliphatic rings. The molecular formula is C13H9BrClNOS. The molecule has 0 aliphatic carbocycles. The van der Waals surface area contributed by atoms with E-state index in [2.05, 4.69) is 20.9 Å². The lowest BCUT2D eigenvalue weighted by Gasteiger charge is -2.07. The number of aromatic nitrogens is 1. The van der Waals surface area contributed by atoms with Crippen LogP contribution in [0.5, 0.6) is 0 Å². The van der Waals surface area contributed by atoms with E-state index in [0.29, 0.717) is 15.6 Å². The highest BCUT2D eigenvalue weighted by molar-refractivity contribution is 9.10. The van der Waals surface area contributed by atoms with Gasteiger partial charge in [0.25, 0.3) is 0 Å². The van der Waals surface area contributed by atoms with Gasteiger partial charge in [-0.3, -0.25) is 4.79 Å². The molecule has 18 heavy (non-hydrogen) atoms. The van der Waals surface area contributed by atoms with Crippen molar-refractivity contribution < 1.29 is 4.79 Å². The molecule has 0 atom stereocenters. The number of nitrogens with zero attached hydrogens (tertiary/aromatic N) is 1. The smallest absolute Gasteiger partial charge is 0.160 e. The van der Waals surface area contributed by atoms with Gasteiger partial charge in [-0.15, -0.1) is 0 Å². The van der Waals surface area contributed by atoms with Crippen LogP contribution < -0.4 is 0 Å². The first kappa shape index (κ1) is 13.6. The minimum absolute atomic E-state index is 0.0250. The number of Topliss-reactive ketones (excluding diaryl/α,β-unsaturated/α-hetero) is 1. The number of carbonyl (C=O) groups excluding carboxylic acids is 1. The highest BCUT2D eigenvalue weighted by Crippen LogP contribution is 2.35. The molecule has 1 heterocycles. The third kappa shape index (κ3) is 3.13. The number of hydrogen-bond donors (Lipinski definition) is 0. The number of benzene rings is 1. The third-order valence-electron chi connectivity index (χ3n) is 2.25. The van der Waals surface area contributed by atoms with Crippen LogP contribution in [-0.2, 0) is 0 Å². The van der Waals surface area contributed by atoms with E-state index in [1.54, 1.807) is 31.3 Å². The zero-order valence-electron chi connectivity index (χ0n) is 9.48. The van der Waals surface area contributed by atoms with Gasteiger partial charge in [0.15, 0.2) is 5.78 Å². The molecule has 92 valence electrons. The fourth-order valence-electron chi connectivity index (χ4n) is 1.42. The number of hydrogen-bond acceptors (Lipinski definition) is 3. The zero-order chi connectivity index (χ0) is 13.1. The summed E-state index contributed by atoms with van der Waals surface area (Å²) in [4.78, 5) is 16.6. The molecule has 0 spiro atoms. The second-order valence-electron chi connectivity index (χ2n) is 3.59. The normalized spacial score (nSPS) is 10.4. The molecule has 5 heteroatoms. The van der Waals surface area contributed by atoms with E-state index >= 15 is 0 Å². The highest BCUT2D eigenvalue weighted by Gasteiger charge is 2.11. The Labute approximate surface area is 123 Å². The van der Waals surface area contributed by atoms with Crippen LogP contribution in [0.15, 0.2) is 50.9 Å². The van der Waals surface area contributed by atoms with Crippen molar-refractivity contribution in [1.82, 2.24) is 4.98 Å². The molecule has 0 aliphatic heterocycles. The standard InChI is InChI=1S/C13H9BrClNOS/c1-8(17)10-5-4-9(14)7-12(10)18-13-11(15)3-2-6-16-13/h2-7H,1H3. The van der Waals surface area contributed by atoms with Gasteiger partial charge in [0.1, 0.15) is 5.03 Å². The SMILES string of the molecule is CC(=O)c1ccc(Br)cc1Sc1ncccc1Cl. The summed E-state index contributed by atoms with van der Waals surface area (Å²) < 4.78 is 0.919. The Balaban J connectivity index is 2.42. The lowest BCUT2D eigenvalue weighted by molar-refractivity contribution is 0.101. The van der Waals surface area contributed by atoms with Crippen LogP contribution >= 0.6 is 39.3 Å². The summed E-state index contributed by atoms with van der Waals surface area (Å²) in [5.74, 6) is 0.0250. The Morgan fingerprint density at radius 3 is 2.83 bits per heavy atom. The molecule has 0 saturated carbocycles. The Bertz CT molecular complexity index is 603. The fraction of sp³-hybridized carbons (Fsp3) is 0.0769. The summed E-state index contributed by atoms with van der Waals surface area (Å²) in [7, 11) is 0. The van der Waals surface area contributed by atoms with Crippen molar-refractivity contribution in [2.24, 2.45) is 0 Å². The van der Waals surface area contributed by atoms with Crippen molar-refractivity contribution in [3.05, 3.63) is 51.6 Å². The van der Waals surface area contributed by atoms with Crippen LogP contribution in [0.2, 0.25) is 5.02 Å². The molecule has 2 rings (SSSR count). The minimum atomic E-state index is 0.0250. The Hall–Kier alpha value is -0.840. The van der Waals surface area contributed by atoms with Crippen LogP contribution in [0.1, 0.15) is 17.3 Å². The topological polar surface area (TPSA) is 30.0 Å². The van der Waals surface area contributed by atoms with Crippen LogP contribution in [-0.4, -0.2) is 10.8 Å². The summed E-state index contributed by atoms with van der Waals surface area (Å²) in [6, 6.07) is 9.10. The molecular weight excluding hydrogens is 334 g/mol. The summed E-state index contributed by atoms with van der Waals surface area (Å²) >= 11 is 10.9. The van der Waals surface area contributed by atoms with Crippen molar-refractivity contribution in [3.8, 4) is 0 Å². The molecule has 0 amide bonds. The van der Waals surface area contributed by atoms with Crippen molar-refractivity contribution >= 4 is 45.1 Å². The largest absolute Gasteiger partial charge is 0.294 e. The van der Waals surface area contributed by atoms with Gasteiger partial charge in [0.2, 0.25) is 0 Å². The van der Waals surface area contributed by atoms with Crippen LogP contribution in [0, 0.1) is 0 Å². The van der Waals surface area contributed by atoms with Crippen molar-refractivity contribution in [3.63, 3.8) is 0 Å². The van der Waals surface area contributed by atoms with E-state index in [9.17, 15) is 4.79 Å². The Morgan fingerprint density at radius 2 is 2.17 bits per heavy atom. The van der Waals surface area contributed by atoms with Gasteiger partial charge in [0, 0.05) is 21.1 Å². The van der Waals surface area contributed by atoms with E-state index in [4.69, 9.17) is 11.6 Å². The molecule has 0 saturated heterocycles. The van der Waals surface area contributed by atoms with Gasteiger partial charge in [-0.2, -0.15) is 0 Å². The molecule has 0 bridgehead atoms. The monoisotopic (exact) mass is 341 g/mol. The second-order valence-corrected chi connectivity index (χ2v) is 5.94. The lowest BCUT2D eigenvalue weighted by Crippen LogP contribution is -1.95. The van der Waals surface area contributed by atoms with Gasteiger partial charge in [0.05, 0.1) is 5.02 Å². The number of halogens is 2. The quantitative estimate of drug-likeness (QED) is 0.747. The summed E-state index contributed by atoms with van der Waals surface area (Å²) in [5.41, 5.74) is 0.671. The molecule has 1 aromatic heterocycles. The molecule has 0 N–H and O–H groups in total. The van der Waals surface area contributed by atoms with Crippen LogP contribution in [0.25, 0.3) is 0 Å². The van der Waals surface area contributed by atoms with E-state index < -0.39 is 0 Å². The fourth-order valence-corrected chi connectivity index (χ4v) is 3.17. The Morgan fingerprint density at radius 1 is 1.39 bits per heavy atom. The van der Waals surface area contributed by atoms with Crippen LogP contribution in [0.4, 0.5) is 0 Å². The van der Waals surface area contributed by atoms with Gasteiger partial charge in [-0.05, 0) is 37.3 Å². The van der Waals surface area contributed by atoms with Gasteiger partial charge >= 0.3 is 0 Å². The van der Waals surface area contributed by atoms with E-state index in [-0.39, 0.29) is 5.78 Å². The van der Waals surface area contributed by atoms with Crippen molar-refractivity contribution in [2.75, 3.05) is 0 Å². The predicted molar refractivity (Wildman–Crippen MR) is 77.5 cm³/mol. The third-order valence-corrected chi connectivity index (χ3v) is 4.24. The molecule has 0 fully saturated rings. The highest BCUT2D eigenvalue weighted by atomic mass is 79.9. The molecule has 2 nitrogen and oxygen atoms in total. The maximum absolute atomic E-state index is 11.6. The summed E-state index contributed by atoms with van der Waals surface area (Å²) in [5, 5.41) is 1.27. The number of rotatable bonds is 3. The number of ketones is 1. The van der Waals surface area contributed by atoms with Gasteiger partial charge < -0.3 is 0 Å². The molecule has 0 radical (unpaired) electrons. The van der Waals surface area contributed by atoms with Crippen LogP contribution in [0.3, 0.4) is 0 Å². The molecule has 2 aromatic rings. The first-order valence-electron chi connectivity index (χ1n) is 5.17. The second kappa shape index (κ2) is 5.87. The lowest BCUT2D eigenvalue weighted by atomic mass is 10.1. The van der Waals surface area contributed by atoms with Gasteiger partial charge in [-0.1, -0.05) is 39.3 Å².